The Balaban J connectivity index is 2.50. The van der Waals surface area contributed by atoms with Crippen LogP contribution in [0.4, 0.5) is 4.79 Å². The van der Waals surface area contributed by atoms with Crippen molar-refractivity contribution in [1.29, 1.82) is 0 Å². The van der Waals surface area contributed by atoms with Crippen molar-refractivity contribution in [3.05, 3.63) is 28.2 Å². The Morgan fingerprint density at radius 3 is 2.25 bits per heavy atom. The number of carbonyl (C=O) groups is 2. The predicted octanol–water partition coefficient (Wildman–Crippen LogP) is 3.00. The molecule has 1 rings (SSSR count). The lowest BCUT2D eigenvalue weighted by atomic mass is 10.1. The Morgan fingerprint density at radius 1 is 1.20 bits per heavy atom. The van der Waals surface area contributed by atoms with Crippen LogP contribution in [0.25, 0.3) is 0 Å². The number of urea groups is 1. The van der Waals surface area contributed by atoms with Gasteiger partial charge in [0.25, 0.3) is 5.91 Å². The van der Waals surface area contributed by atoms with E-state index in [9.17, 15) is 9.59 Å². The largest absolute Gasteiger partial charge is 0.481 e. The van der Waals surface area contributed by atoms with Gasteiger partial charge in [-0.25, -0.2) is 4.79 Å². The van der Waals surface area contributed by atoms with Crippen LogP contribution in [0.2, 0.25) is 10.0 Å². The molecule has 0 saturated heterocycles. The number of amides is 3. The molecule has 1 aromatic carbocycles. The molecule has 0 aliphatic rings. The number of hydrogen-bond donors (Lipinski definition) is 2. The van der Waals surface area contributed by atoms with E-state index in [4.69, 9.17) is 27.9 Å². The molecule has 0 saturated carbocycles. The van der Waals surface area contributed by atoms with E-state index in [0.29, 0.717) is 10.0 Å². The SMILES string of the molecule is CC(C)(C)NC(=O)NC(=O)COc1c(Cl)cccc1Cl. The van der Waals surface area contributed by atoms with E-state index >= 15 is 0 Å². The highest BCUT2D eigenvalue weighted by molar-refractivity contribution is 6.37. The molecule has 0 fully saturated rings. The third-order valence-corrected chi connectivity index (χ3v) is 2.60. The van der Waals surface area contributed by atoms with Gasteiger partial charge in [0.2, 0.25) is 0 Å². The highest BCUT2D eigenvalue weighted by atomic mass is 35.5. The quantitative estimate of drug-likeness (QED) is 0.900. The predicted molar refractivity (Wildman–Crippen MR) is 78.4 cm³/mol. The minimum atomic E-state index is -0.595. The van der Waals surface area contributed by atoms with E-state index in [-0.39, 0.29) is 12.4 Å². The molecular weight excluding hydrogens is 303 g/mol. The summed E-state index contributed by atoms with van der Waals surface area (Å²) in [5.41, 5.74) is -0.433. The molecule has 0 heterocycles. The topological polar surface area (TPSA) is 67.4 Å². The zero-order chi connectivity index (χ0) is 15.3. The maximum atomic E-state index is 11.6. The average Bonchev–Trinajstić information content (AvgIpc) is 2.25. The fourth-order valence-corrected chi connectivity index (χ4v) is 1.80. The van der Waals surface area contributed by atoms with Crippen LogP contribution in [-0.2, 0) is 4.79 Å². The van der Waals surface area contributed by atoms with Crippen molar-refractivity contribution in [3.63, 3.8) is 0 Å². The maximum absolute atomic E-state index is 11.6. The molecule has 110 valence electrons. The summed E-state index contributed by atoms with van der Waals surface area (Å²) in [6.45, 7) is 5.05. The first-order chi connectivity index (χ1) is 9.19. The summed E-state index contributed by atoms with van der Waals surface area (Å²) < 4.78 is 5.20. The van der Waals surface area contributed by atoms with E-state index in [2.05, 4.69) is 10.6 Å². The number of imide groups is 1. The highest BCUT2D eigenvalue weighted by Gasteiger charge is 2.16. The van der Waals surface area contributed by atoms with Gasteiger partial charge in [0.05, 0.1) is 10.0 Å². The first kappa shape index (κ1) is 16.6. The second-order valence-corrected chi connectivity index (χ2v) is 5.91. The summed E-state index contributed by atoms with van der Waals surface area (Å²) >= 11 is 11.8. The number of rotatable bonds is 3. The molecule has 0 spiro atoms. The van der Waals surface area contributed by atoms with E-state index in [1.807, 2.05) is 0 Å². The van der Waals surface area contributed by atoms with Crippen molar-refractivity contribution in [2.45, 2.75) is 26.3 Å². The smallest absolute Gasteiger partial charge is 0.321 e. The van der Waals surface area contributed by atoms with Gasteiger partial charge in [-0.15, -0.1) is 0 Å². The zero-order valence-electron chi connectivity index (χ0n) is 11.4. The minimum Gasteiger partial charge on any atom is -0.481 e. The zero-order valence-corrected chi connectivity index (χ0v) is 12.9. The monoisotopic (exact) mass is 318 g/mol. The lowest BCUT2D eigenvalue weighted by molar-refractivity contribution is -0.122. The molecule has 0 atom stereocenters. The molecule has 0 aliphatic carbocycles. The molecule has 0 aliphatic heterocycles. The van der Waals surface area contributed by atoms with E-state index in [1.165, 1.54) is 0 Å². The normalized spacial score (nSPS) is 10.8. The van der Waals surface area contributed by atoms with E-state index < -0.39 is 17.5 Å². The number of nitrogens with one attached hydrogen (secondary N) is 2. The number of ether oxygens (including phenoxy) is 1. The summed E-state index contributed by atoms with van der Waals surface area (Å²) in [7, 11) is 0. The summed E-state index contributed by atoms with van der Waals surface area (Å²) in [4.78, 5) is 23.0. The van der Waals surface area contributed by atoms with Crippen molar-refractivity contribution < 1.29 is 14.3 Å². The summed E-state index contributed by atoms with van der Waals surface area (Å²) in [5.74, 6) is -0.384. The molecule has 0 aromatic heterocycles. The molecule has 7 heteroatoms. The molecule has 2 N–H and O–H groups in total. The molecule has 0 unspecified atom stereocenters. The summed E-state index contributed by atoms with van der Waals surface area (Å²) in [6, 6.07) is 4.25. The third-order valence-electron chi connectivity index (χ3n) is 2.01. The Hall–Kier alpha value is -1.46. The van der Waals surface area contributed by atoms with E-state index in [1.54, 1.807) is 39.0 Å². The second kappa shape index (κ2) is 6.81. The Labute approximate surface area is 127 Å². The Morgan fingerprint density at radius 2 is 1.75 bits per heavy atom. The second-order valence-electron chi connectivity index (χ2n) is 5.09. The van der Waals surface area contributed by atoms with Crippen molar-refractivity contribution in [1.82, 2.24) is 10.6 Å². The number of benzene rings is 1. The Bertz CT molecular complexity index is 493. The Kier molecular flexibility index (Phi) is 5.65. The number of para-hydroxylation sites is 1. The fourth-order valence-electron chi connectivity index (χ4n) is 1.29. The van der Waals surface area contributed by atoms with Crippen molar-refractivity contribution >= 4 is 35.1 Å². The molecule has 3 amide bonds. The van der Waals surface area contributed by atoms with Crippen molar-refractivity contribution in [2.24, 2.45) is 0 Å². The summed E-state index contributed by atoms with van der Waals surface area (Å²) in [6.07, 6.45) is 0. The first-order valence-corrected chi connectivity index (χ1v) is 6.63. The van der Waals surface area contributed by atoms with Gasteiger partial charge in [-0.1, -0.05) is 29.3 Å². The molecule has 5 nitrogen and oxygen atoms in total. The van der Waals surface area contributed by atoms with Gasteiger partial charge in [-0.05, 0) is 32.9 Å². The van der Waals surface area contributed by atoms with Gasteiger partial charge in [0, 0.05) is 5.54 Å². The number of carbonyl (C=O) groups excluding carboxylic acids is 2. The highest BCUT2D eigenvalue weighted by Crippen LogP contribution is 2.32. The maximum Gasteiger partial charge on any atom is 0.321 e. The number of halogens is 2. The molecular formula is C13H16Cl2N2O3. The van der Waals surface area contributed by atoms with Gasteiger partial charge in [0.1, 0.15) is 0 Å². The van der Waals surface area contributed by atoms with Crippen LogP contribution in [0, 0.1) is 0 Å². The summed E-state index contributed by atoms with van der Waals surface area (Å²) in [5, 5.41) is 5.33. The standard InChI is InChI=1S/C13H16Cl2N2O3/c1-13(2,3)17-12(19)16-10(18)7-20-11-8(14)5-4-6-9(11)15/h4-6H,7H2,1-3H3,(H2,16,17,18,19). The lowest BCUT2D eigenvalue weighted by Crippen LogP contribution is -2.49. The number of hydrogen-bond acceptors (Lipinski definition) is 3. The first-order valence-electron chi connectivity index (χ1n) is 5.88. The van der Waals surface area contributed by atoms with Crippen LogP contribution in [0.3, 0.4) is 0 Å². The van der Waals surface area contributed by atoms with Crippen LogP contribution < -0.4 is 15.4 Å². The molecule has 1 aromatic rings. The lowest BCUT2D eigenvalue weighted by Gasteiger charge is -2.20. The molecule has 20 heavy (non-hydrogen) atoms. The van der Waals surface area contributed by atoms with Gasteiger partial charge >= 0.3 is 6.03 Å². The third kappa shape index (κ3) is 5.67. The van der Waals surface area contributed by atoms with Crippen molar-refractivity contribution in [3.8, 4) is 5.75 Å². The van der Waals surface area contributed by atoms with Crippen LogP contribution in [-0.4, -0.2) is 24.1 Å². The minimum absolute atomic E-state index is 0.210. The van der Waals surface area contributed by atoms with Crippen LogP contribution in [0.5, 0.6) is 5.75 Å². The van der Waals surface area contributed by atoms with Gasteiger partial charge in [0.15, 0.2) is 12.4 Å². The van der Waals surface area contributed by atoms with Gasteiger partial charge < -0.3 is 10.1 Å². The van der Waals surface area contributed by atoms with Crippen LogP contribution in [0.1, 0.15) is 20.8 Å². The molecule has 0 radical (unpaired) electrons. The fraction of sp³-hybridized carbons (Fsp3) is 0.385. The van der Waals surface area contributed by atoms with Crippen molar-refractivity contribution in [2.75, 3.05) is 6.61 Å². The van der Waals surface area contributed by atoms with Gasteiger partial charge in [-0.2, -0.15) is 0 Å². The average molecular weight is 319 g/mol. The van der Waals surface area contributed by atoms with E-state index in [0.717, 1.165) is 0 Å². The van der Waals surface area contributed by atoms with Crippen LogP contribution in [0.15, 0.2) is 18.2 Å². The van der Waals surface area contributed by atoms with Crippen LogP contribution >= 0.6 is 23.2 Å². The van der Waals surface area contributed by atoms with Gasteiger partial charge in [-0.3, -0.25) is 10.1 Å². The molecule has 0 bridgehead atoms.